The highest BCUT2D eigenvalue weighted by atomic mass is 14.8. The highest BCUT2D eigenvalue weighted by molar-refractivity contribution is 4.69. The highest BCUT2D eigenvalue weighted by Gasteiger charge is 2.15. The van der Waals surface area contributed by atoms with Gasteiger partial charge in [-0.25, -0.2) is 0 Å². The fraction of sp³-hybridized carbons (Fsp3) is 1.00. The summed E-state index contributed by atoms with van der Waals surface area (Å²) in [5.74, 6) is 0.858. The van der Waals surface area contributed by atoms with E-state index in [2.05, 4.69) is 33.0 Å². The first-order chi connectivity index (χ1) is 7.55. The van der Waals surface area contributed by atoms with Crippen molar-refractivity contribution in [2.75, 3.05) is 19.6 Å². The van der Waals surface area contributed by atoms with Crippen molar-refractivity contribution in [1.82, 2.24) is 5.32 Å². The minimum atomic E-state index is 0.422. The topological polar surface area (TPSA) is 38.0 Å². The van der Waals surface area contributed by atoms with Crippen molar-refractivity contribution in [3.8, 4) is 0 Å². The second-order valence-corrected chi connectivity index (χ2v) is 5.69. The summed E-state index contributed by atoms with van der Waals surface area (Å²) in [4.78, 5) is 0. The molecule has 98 valence electrons. The van der Waals surface area contributed by atoms with Crippen LogP contribution in [-0.4, -0.2) is 19.6 Å². The van der Waals surface area contributed by atoms with E-state index in [-0.39, 0.29) is 0 Å². The monoisotopic (exact) mass is 228 g/mol. The van der Waals surface area contributed by atoms with Crippen molar-refractivity contribution in [2.45, 2.75) is 59.8 Å². The van der Waals surface area contributed by atoms with Gasteiger partial charge in [0.2, 0.25) is 0 Å². The molecule has 0 heterocycles. The predicted molar refractivity (Wildman–Crippen MR) is 73.6 cm³/mol. The van der Waals surface area contributed by atoms with E-state index in [4.69, 9.17) is 5.73 Å². The van der Waals surface area contributed by atoms with Gasteiger partial charge in [-0.2, -0.15) is 0 Å². The van der Waals surface area contributed by atoms with Gasteiger partial charge in [-0.05, 0) is 50.2 Å². The normalized spacial score (nSPS) is 12.4. The molecule has 0 amide bonds. The smallest absolute Gasteiger partial charge is 0.00207 e. The fourth-order valence-electron chi connectivity index (χ4n) is 2.09. The Kier molecular flexibility index (Phi) is 8.96. The molecule has 0 spiro atoms. The van der Waals surface area contributed by atoms with Gasteiger partial charge in [0.05, 0.1) is 0 Å². The molecule has 0 fully saturated rings. The molecular formula is C14H32N2. The van der Waals surface area contributed by atoms with Crippen molar-refractivity contribution in [1.29, 1.82) is 0 Å². The van der Waals surface area contributed by atoms with Crippen molar-refractivity contribution in [3.63, 3.8) is 0 Å². The van der Waals surface area contributed by atoms with E-state index in [9.17, 15) is 0 Å². The van der Waals surface area contributed by atoms with E-state index in [0.717, 1.165) is 25.4 Å². The zero-order valence-corrected chi connectivity index (χ0v) is 11.8. The van der Waals surface area contributed by atoms with Crippen LogP contribution in [0.2, 0.25) is 0 Å². The average Bonchev–Trinajstić information content (AvgIpc) is 2.23. The van der Waals surface area contributed by atoms with Crippen LogP contribution < -0.4 is 11.1 Å². The van der Waals surface area contributed by atoms with Crippen molar-refractivity contribution >= 4 is 0 Å². The van der Waals surface area contributed by atoms with E-state index < -0.39 is 0 Å². The Morgan fingerprint density at radius 2 is 1.75 bits per heavy atom. The van der Waals surface area contributed by atoms with Gasteiger partial charge < -0.3 is 11.1 Å². The molecule has 2 heteroatoms. The molecule has 0 atom stereocenters. The van der Waals surface area contributed by atoms with Crippen LogP contribution in [0, 0.1) is 11.3 Å². The molecule has 0 aliphatic carbocycles. The van der Waals surface area contributed by atoms with Gasteiger partial charge in [-0.15, -0.1) is 0 Å². The van der Waals surface area contributed by atoms with Crippen LogP contribution in [-0.2, 0) is 0 Å². The SMILES string of the molecule is CCC(CC)CNCCCC(C)(C)CCN. The molecule has 3 N–H and O–H groups in total. The minimum absolute atomic E-state index is 0.422. The Morgan fingerprint density at radius 1 is 1.12 bits per heavy atom. The molecule has 0 aromatic carbocycles. The lowest BCUT2D eigenvalue weighted by Crippen LogP contribution is -2.25. The fourth-order valence-corrected chi connectivity index (χ4v) is 2.09. The maximum absolute atomic E-state index is 5.61. The molecule has 0 saturated heterocycles. The van der Waals surface area contributed by atoms with Crippen molar-refractivity contribution < 1.29 is 0 Å². The first kappa shape index (κ1) is 15.9. The van der Waals surface area contributed by atoms with Gasteiger partial charge in [0.15, 0.2) is 0 Å². The third-order valence-electron chi connectivity index (χ3n) is 3.62. The Labute approximate surface area is 102 Å². The molecule has 0 bridgehead atoms. The predicted octanol–water partition coefficient (Wildman–Crippen LogP) is 3.17. The van der Waals surface area contributed by atoms with Gasteiger partial charge in [0.1, 0.15) is 0 Å². The minimum Gasteiger partial charge on any atom is -0.330 e. The average molecular weight is 228 g/mol. The number of hydrogen-bond donors (Lipinski definition) is 2. The van der Waals surface area contributed by atoms with Crippen molar-refractivity contribution in [2.24, 2.45) is 17.1 Å². The van der Waals surface area contributed by atoms with Gasteiger partial charge in [0, 0.05) is 0 Å². The zero-order chi connectivity index (χ0) is 12.4. The van der Waals surface area contributed by atoms with E-state index in [1.165, 1.54) is 32.2 Å². The van der Waals surface area contributed by atoms with E-state index in [1.54, 1.807) is 0 Å². The number of nitrogens with two attached hydrogens (primary N) is 1. The summed E-state index contributed by atoms with van der Waals surface area (Å²) < 4.78 is 0. The zero-order valence-electron chi connectivity index (χ0n) is 11.8. The maximum Gasteiger partial charge on any atom is -0.00207 e. The molecule has 0 aliphatic heterocycles. The van der Waals surface area contributed by atoms with Crippen LogP contribution >= 0.6 is 0 Å². The Morgan fingerprint density at radius 3 is 2.25 bits per heavy atom. The second kappa shape index (κ2) is 9.00. The molecule has 0 unspecified atom stereocenters. The first-order valence-electron chi connectivity index (χ1n) is 6.96. The molecule has 0 saturated carbocycles. The number of hydrogen-bond acceptors (Lipinski definition) is 2. The Balaban J connectivity index is 3.45. The van der Waals surface area contributed by atoms with Crippen LogP contribution in [0.5, 0.6) is 0 Å². The third kappa shape index (κ3) is 8.12. The van der Waals surface area contributed by atoms with Crippen LogP contribution in [0.3, 0.4) is 0 Å². The second-order valence-electron chi connectivity index (χ2n) is 5.69. The molecule has 0 rings (SSSR count). The summed E-state index contributed by atoms with van der Waals surface area (Å²) in [6.07, 6.45) is 6.27. The van der Waals surface area contributed by atoms with E-state index >= 15 is 0 Å². The quantitative estimate of drug-likeness (QED) is 0.564. The summed E-state index contributed by atoms with van der Waals surface area (Å²) in [5.41, 5.74) is 6.03. The van der Waals surface area contributed by atoms with Crippen LogP contribution in [0.4, 0.5) is 0 Å². The highest BCUT2D eigenvalue weighted by Crippen LogP contribution is 2.25. The van der Waals surface area contributed by atoms with Gasteiger partial charge in [-0.1, -0.05) is 40.5 Å². The number of nitrogens with one attached hydrogen (secondary N) is 1. The van der Waals surface area contributed by atoms with Crippen LogP contribution in [0.25, 0.3) is 0 Å². The molecule has 0 aromatic rings. The van der Waals surface area contributed by atoms with Crippen molar-refractivity contribution in [3.05, 3.63) is 0 Å². The first-order valence-corrected chi connectivity index (χ1v) is 6.96. The molecule has 16 heavy (non-hydrogen) atoms. The molecule has 0 aromatic heterocycles. The summed E-state index contributed by atoms with van der Waals surface area (Å²) in [7, 11) is 0. The third-order valence-corrected chi connectivity index (χ3v) is 3.62. The lowest BCUT2D eigenvalue weighted by atomic mass is 9.84. The molecule has 0 radical (unpaired) electrons. The molecule has 2 nitrogen and oxygen atoms in total. The Bertz CT molecular complexity index is 151. The lowest BCUT2D eigenvalue weighted by molar-refractivity contribution is 0.300. The maximum atomic E-state index is 5.61. The summed E-state index contributed by atoms with van der Waals surface area (Å²) in [6, 6.07) is 0. The molecule has 0 aliphatic rings. The van der Waals surface area contributed by atoms with Crippen LogP contribution in [0.15, 0.2) is 0 Å². The summed E-state index contributed by atoms with van der Waals surface area (Å²) >= 11 is 0. The Hall–Kier alpha value is -0.0800. The van der Waals surface area contributed by atoms with E-state index in [0.29, 0.717) is 5.41 Å². The summed E-state index contributed by atoms with van der Waals surface area (Å²) in [6.45, 7) is 12.4. The van der Waals surface area contributed by atoms with Gasteiger partial charge >= 0.3 is 0 Å². The van der Waals surface area contributed by atoms with Gasteiger partial charge in [-0.3, -0.25) is 0 Å². The lowest BCUT2D eigenvalue weighted by Gasteiger charge is -2.24. The largest absolute Gasteiger partial charge is 0.330 e. The number of rotatable bonds is 10. The van der Waals surface area contributed by atoms with Crippen LogP contribution in [0.1, 0.15) is 59.8 Å². The van der Waals surface area contributed by atoms with Gasteiger partial charge in [0.25, 0.3) is 0 Å². The standard InChI is InChI=1S/C14H32N2/c1-5-13(6-2)12-16-11-7-8-14(3,4)9-10-15/h13,16H,5-12,15H2,1-4H3. The summed E-state index contributed by atoms with van der Waals surface area (Å²) in [5, 5.41) is 3.57. The van der Waals surface area contributed by atoms with E-state index in [1.807, 2.05) is 0 Å². The molecular weight excluding hydrogens is 196 g/mol.